The lowest BCUT2D eigenvalue weighted by molar-refractivity contribution is -0.173. The van der Waals surface area contributed by atoms with Crippen molar-refractivity contribution in [1.29, 1.82) is 0 Å². The Balaban J connectivity index is 2.74. The van der Waals surface area contributed by atoms with Gasteiger partial charge in [-0.25, -0.2) is 0 Å². The first-order chi connectivity index (χ1) is 32.5. The molecule has 0 bridgehead atoms. The minimum Gasteiger partial charge on any atom is -0.416 e. The molecule has 4 N–H and O–H groups in total. The van der Waals surface area contributed by atoms with Crippen LogP contribution in [0.25, 0.3) is 0 Å². The van der Waals surface area contributed by atoms with E-state index in [0.29, 0.717) is 23.2 Å². The normalized spacial score (nSPS) is 26.2. The van der Waals surface area contributed by atoms with Crippen molar-refractivity contribution >= 4 is 41.1 Å². The van der Waals surface area contributed by atoms with E-state index < -0.39 is 102 Å². The molecule has 14 heteroatoms. The molecule has 71 heavy (non-hydrogen) atoms. The third-order valence-electron chi connectivity index (χ3n) is 17.0. The third kappa shape index (κ3) is 15.1. The molecule has 2 saturated heterocycles. The zero-order chi connectivity index (χ0) is 55.0. The Kier molecular flexibility index (Phi) is 25.0. The molecule has 9 nitrogen and oxygen atoms in total. The molecule has 0 saturated carbocycles. The van der Waals surface area contributed by atoms with E-state index in [1.807, 2.05) is 0 Å². The van der Waals surface area contributed by atoms with Crippen molar-refractivity contribution in [2.45, 2.75) is 281 Å². The van der Waals surface area contributed by atoms with E-state index in [-0.39, 0.29) is 51.5 Å². The molecule has 0 amide bonds. The van der Waals surface area contributed by atoms with Crippen LogP contribution in [0.4, 0.5) is 0 Å². The summed E-state index contributed by atoms with van der Waals surface area (Å²) in [5.74, 6) is 17.7. The van der Waals surface area contributed by atoms with E-state index in [2.05, 4.69) is 218 Å². The van der Waals surface area contributed by atoms with Crippen molar-refractivity contribution in [1.82, 2.24) is 0 Å². The van der Waals surface area contributed by atoms with Gasteiger partial charge in [-0.2, -0.15) is 0 Å². The van der Waals surface area contributed by atoms with Gasteiger partial charge in [0.2, 0.25) is 16.6 Å². The average molecular weight is 1080 g/mol. The summed E-state index contributed by atoms with van der Waals surface area (Å²) >= 11 is 0. The van der Waals surface area contributed by atoms with Gasteiger partial charge in [0.15, 0.2) is 8.32 Å². The van der Waals surface area contributed by atoms with Crippen LogP contribution < -0.4 is 0 Å². The fourth-order valence-corrected chi connectivity index (χ4v) is 31.3. The van der Waals surface area contributed by atoms with Gasteiger partial charge in [-0.1, -0.05) is 189 Å². The number of aliphatic hydroxyl groups is 4. The van der Waals surface area contributed by atoms with E-state index in [9.17, 15) is 20.4 Å². The first-order valence-corrected chi connectivity index (χ1v) is 40.4. The van der Waals surface area contributed by atoms with Crippen LogP contribution in [0.3, 0.4) is 0 Å². The van der Waals surface area contributed by atoms with Crippen LogP contribution in [0.2, 0.25) is 87.6 Å². The van der Waals surface area contributed by atoms with E-state index >= 15 is 0 Å². The minimum atomic E-state index is -2.63. The molecule has 2 rings (SSSR count). The molecule has 2 aliphatic heterocycles. The molecule has 0 aromatic rings. The molecule has 2 heterocycles. The Bertz CT molecular complexity index is 1860. The van der Waals surface area contributed by atoms with Crippen LogP contribution >= 0.6 is 0 Å². The Morgan fingerprint density at radius 3 is 1.15 bits per heavy atom. The second-order valence-electron chi connectivity index (χ2n) is 26.1. The summed E-state index contributed by atoms with van der Waals surface area (Å²) in [6.45, 7) is 56.1. The van der Waals surface area contributed by atoms with Crippen LogP contribution in [0.5, 0.6) is 0 Å². The zero-order valence-corrected chi connectivity index (χ0v) is 54.6. The molecule has 0 unspecified atom stereocenters. The number of rotatable bonds is 20. The molecule has 0 radical (unpaired) electrons. The summed E-state index contributed by atoms with van der Waals surface area (Å²) in [6, 6.07) is 0. The van der Waals surface area contributed by atoms with Crippen molar-refractivity contribution in [2.24, 2.45) is 11.8 Å². The Hall–Kier alpha value is -1.04. The summed E-state index contributed by atoms with van der Waals surface area (Å²) in [5.41, 5.74) is 10.1. The quantitative estimate of drug-likeness (QED) is 0.0696. The maximum atomic E-state index is 12.6. The van der Waals surface area contributed by atoms with E-state index in [1.165, 1.54) is 0 Å². The van der Waals surface area contributed by atoms with Gasteiger partial charge in [0, 0.05) is 6.61 Å². The summed E-state index contributed by atoms with van der Waals surface area (Å²) in [5, 5.41) is 46.5. The lowest BCUT2D eigenvalue weighted by atomic mass is 9.87. The van der Waals surface area contributed by atoms with Crippen LogP contribution in [0, 0.1) is 58.4 Å². The highest BCUT2D eigenvalue weighted by molar-refractivity contribution is 6.87. The maximum absolute atomic E-state index is 12.6. The average Bonchev–Trinajstić information content (AvgIpc) is 3.23. The summed E-state index contributed by atoms with van der Waals surface area (Å²) in [6.07, 6.45) is -6.31. The highest BCUT2D eigenvalue weighted by Crippen LogP contribution is 2.48. The SMILES string of the molecule is CC(C)[Si](OCCC(C)(C)[Si](C)(C)C#C[C@H]1[C@H](O)[C@@H](O[Si](C(C)C)(C(C)C)C(C)C)[C@H](C#CC#C[C@H]2[C@H](O)[C@@H](O[Si](C(C)C)(C(C)C)C(C)C)[C@H](C#C[Si](C)(C)C)O[C@@H]2CO)O[C@@H]1CO)(C(C)C)C(C)C. The zero-order valence-electron chi connectivity index (χ0n) is 49.6. The standard InChI is InChI=1S/C57H106O9Si5/c1-38(2)69(39(3)4,40(5)6)62-33-32-57(19,20)68(24,25)35-30-48-52(37-59)63-49(55(54(48)61)65-70(41(7)8,42(9)10)43(11)12)29-27-26-28-47-51(36-58)64-50(31-34-67(21,22)23)56(53(47)60)66-71(44(13)14,45(15)16)46(17)18/h38-56,58-61H,32-33,36-37H2,1-25H3/t47-,48-,49+,50+,51-,52-,53+,54+,55+,56+/m1/s1. The van der Waals surface area contributed by atoms with Gasteiger partial charge >= 0.3 is 0 Å². The van der Waals surface area contributed by atoms with Crippen molar-refractivity contribution < 1.29 is 43.2 Å². The van der Waals surface area contributed by atoms with Gasteiger partial charge in [0.25, 0.3) is 0 Å². The maximum Gasteiger partial charge on any atom is 0.201 e. The number of hydrogen-bond acceptors (Lipinski definition) is 9. The largest absolute Gasteiger partial charge is 0.416 e. The highest BCUT2D eigenvalue weighted by Gasteiger charge is 2.55. The molecular weight excluding hydrogens is 969 g/mol. The number of aliphatic hydroxyl groups excluding tert-OH is 4. The lowest BCUT2D eigenvalue weighted by Crippen LogP contribution is -2.61. The topological polar surface area (TPSA) is 127 Å². The number of ether oxygens (including phenoxy) is 2. The smallest absolute Gasteiger partial charge is 0.201 e. The van der Waals surface area contributed by atoms with E-state index in [0.717, 1.165) is 6.42 Å². The molecule has 2 fully saturated rings. The Morgan fingerprint density at radius 1 is 0.479 bits per heavy atom. The van der Waals surface area contributed by atoms with Crippen molar-refractivity contribution in [3.8, 4) is 46.6 Å². The lowest BCUT2D eigenvalue weighted by Gasteiger charge is -2.49. The van der Waals surface area contributed by atoms with Crippen molar-refractivity contribution in [3.63, 3.8) is 0 Å². The van der Waals surface area contributed by atoms with Crippen LogP contribution in [0.15, 0.2) is 0 Å². The molecule has 0 spiro atoms. The Labute approximate surface area is 441 Å². The second kappa shape index (κ2) is 26.8. The van der Waals surface area contributed by atoms with Gasteiger partial charge in [-0.05, 0) is 73.2 Å². The van der Waals surface area contributed by atoms with Crippen molar-refractivity contribution in [3.05, 3.63) is 0 Å². The summed E-state index contributed by atoms with van der Waals surface area (Å²) in [4.78, 5) is 0. The fraction of sp³-hybridized carbons (Fsp3) is 0.860. The van der Waals surface area contributed by atoms with Crippen molar-refractivity contribution in [2.75, 3.05) is 19.8 Å². The van der Waals surface area contributed by atoms with Gasteiger partial charge in [0.1, 0.15) is 40.6 Å². The fourth-order valence-electron chi connectivity index (χ4n) is 12.6. The molecule has 408 valence electrons. The first-order valence-electron chi connectivity index (χ1n) is 27.4. The first kappa shape index (κ1) is 66.1. The molecule has 0 aromatic heterocycles. The van der Waals surface area contributed by atoms with Gasteiger partial charge in [-0.3, -0.25) is 0 Å². The molecule has 0 aromatic carbocycles. The van der Waals surface area contributed by atoms with Gasteiger partial charge in [-0.15, -0.1) is 17.0 Å². The second-order valence-corrected chi connectivity index (χ2v) is 52.0. The third-order valence-corrected chi connectivity index (χ3v) is 40.6. The predicted octanol–water partition coefficient (Wildman–Crippen LogP) is 12.1. The van der Waals surface area contributed by atoms with E-state index in [1.54, 1.807) is 0 Å². The Morgan fingerprint density at radius 2 is 0.817 bits per heavy atom. The van der Waals surface area contributed by atoms with Gasteiger partial charge in [0.05, 0.1) is 49.5 Å². The summed E-state index contributed by atoms with van der Waals surface area (Å²) in [7, 11) is -11.4. The minimum absolute atomic E-state index is 0.111. The molecule has 0 aliphatic carbocycles. The van der Waals surface area contributed by atoms with E-state index in [4.69, 9.17) is 22.8 Å². The van der Waals surface area contributed by atoms with Crippen LogP contribution in [-0.2, 0) is 22.8 Å². The van der Waals surface area contributed by atoms with Crippen LogP contribution in [0.1, 0.15) is 145 Å². The highest BCUT2D eigenvalue weighted by atomic mass is 28.4. The summed E-state index contributed by atoms with van der Waals surface area (Å²) < 4.78 is 34.9. The molecule has 10 atom stereocenters. The van der Waals surface area contributed by atoms with Gasteiger partial charge < -0.3 is 43.2 Å². The number of hydrogen-bond donors (Lipinski definition) is 4. The molecule has 2 aliphatic rings. The molecular formula is C57H106O9Si5. The van der Waals surface area contributed by atoms with Crippen LogP contribution in [-0.4, -0.2) is 130 Å². The monoisotopic (exact) mass is 1070 g/mol. The predicted molar refractivity (Wildman–Crippen MR) is 310 cm³/mol.